The van der Waals surface area contributed by atoms with Gasteiger partial charge in [-0.25, -0.2) is 8.78 Å². The lowest BCUT2D eigenvalue weighted by molar-refractivity contribution is 0.186. The Kier molecular flexibility index (Phi) is 4.97. The summed E-state index contributed by atoms with van der Waals surface area (Å²) >= 11 is 0. The average molecular weight is 344 g/mol. The second-order valence-electron chi connectivity index (χ2n) is 8.78. The van der Waals surface area contributed by atoms with Crippen LogP contribution in [0, 0.1) is 42.2 Å². The van der Waals surface area contributed by atoms with E-state index in [1.165, 1.54) is 44.9 Å². The van der Waals surface area contributed by atoms with Gasteiger partial charge < -0.3 is 0 Å². The van der Waals surface area contributed by atoms with Crippen LogP contribution in [-0.4, -0.2) is 0 Å². The Labute approximate surface area is 150 Å². The van der Waals surface area contributed by atoms with Gasteiger partial charge >= 0.3 is 0 Å². The molecule has 1 atom stereocenters. The van der Waals surface area contributed by atoms with E-state index in [2.05, 4.69) is 6.08 Å². The highest BCUT2D eigenvalue weighted by molar-refractivity contribution is 5.67. The monoisotopic (exact) mass is 344 g/mol. The molecule has 0 spiro atoms. The van der Waals surface area contributed by atoms with Crippen LogP contribution < -0.4 is 0 Å². The van der Waals surface area contributed by atoms with Crippen molar-refractivity contribution in [2.75, 3.05) is 0 Å². The Balaban J connectivity index is 1.35. The maximum atomic E-state index is 14.2. The van der Waals surface area contributed by atoms with Crippen molar-refractivity contribution >= 4 is 5.57 Å². The molecule has 2 fully saturated rings. The molecule has 0 aliphatic heterocycles. The fourth-order valence-electron chi connectivity index (χ4n) is 5.14. The number of hydrogen-bond acceptors (Lipinski definition) is 0. The lowest BCUT2D eigenvalue weighted by atomic mass is 9.70. The summed E-state index contributed by atoms with van der Waals surface area (Å²) in [6.45, 7) is 1.62. The van der Waals surface area contributed by atoms with Crippen molar-refractivity contribution in [2.24, 2.45) is 23.7 Å². The van der Waals surface area contributed by atoms with Gasteiger partial charge in [0, 0.05) is 5.56 Å². The topological polar surface area (TPSA) is 0 Å². The molecule has 0 N–H and O–H groups in total. The van der Waals surface area contributed by atoms with Crippen molar-refractivity contribution in [1.82, 2.24) is 0 Å². The van der Waals surface area contributed by atoms with Gasteiger partial charge in [-0.1, -0.05) is 43.9 Å². The summed E-state index contributed by atoms with van der Waals surface area (Å²) in [4.78, 5) is 0. The van der Waals surface area contributed by atoms with Gasteiger partial charge in [0.25, 0.3) is 0 Å². The normalized spacial score (nSPS) is 30.2. The van der Waals surface area contributed by atoms with E-state index in [1.807, 2.05) is 0 Å². The minimum absolute atomic E-state index is 0.387. The summed E-state index contributed by atoms with van der Waals surface area (Å²) in [5.74, 6) is 2.31. The molecule has 1 aromatic carbocycles. The zero-order valence-electron chi connectivity index (χ0n) is 15.4. The number of halogens is 2. The number of aryl methyl sites for hydroxylation is 1. The molecule has 1 aromatic rings. The summed E-state index contributed by atoms with van der Waals surface area (Å²) in [7, 11) is 0. The molecule has 0 nitrogen and oxygen atoms in total. The Hall–Kier alpha value is -1.18. The third-order valence-corrected chi connectivity index (χ3v) is 6.99. The maximum absolute atomic E-state index is 14.2. The SMILES string of the molecule is Cc1ccc(C2=CCC(C3CCC(CC4CC4)CC3)CC2)c(F)c1F. The molecule has 0 bridgehead atoms. The molecule has 4 rings (SSSR count). The molecular weight excluding hydrogens is 314 g/mol. The fraction of sp³-hybridized carbons (Fsp3) is 0.652. The fourth-order valence-corrected chi connectivity index (χ4v) is 5.14. The van der Waals surface area contributed by atoms with Crippen molar-refractivity contribution in [2.45, 2.75) is 71.1 Å². The molecule has 25 heavy (non-hydrogen) atoms. The second-order valence-corrected chi connectivity index (χ2v) is 8.78. The second kappa shape index (κ2) is 7.21. The highest BCUT2D eigenvalue weighted by Crippen LogP contribution is 2.45. The third kappa shape index (κ3) is 3.83. The molecule has 2 heteroatoms. The smallest absolute Gasteiger partial charge is 0.166 e. The predicted octanol–water partition coefficient (Wildman–Crippen LogP) is 7.06. The minimum atomic E-state index is -0.686. The Bertz CT molecular complexity index is 648. The first-order chi connectivity index (χ1) is 12.1. The number of benzene rings is 1. The van der Waals surface area contributed by atoms with Gasteiger partial charge in [0.15, 0.2) is 11.6 Å². The van der Waals surface area contributed by atoms with Crippen LogP contribution in [0.3, 0.4) is 0 Å². The number of allylic oxidation sites excluding steroid dienone is 2. The molecule has 0 heterocycles. The van der Waals surface area contributed by atoms with Crippen molar-refractivity contribution in [3.63, 3.8) is 0 Å². The van der Waals surface area contributed by atoms with E-state index in [0.717, 1.165) is 48.5 Å². The average Bonchev–Trinajstić information content (AvgIpc) is 3.45. The van der Waals surface area contributed by atoms with E-state index in [1.54, 1.807) is 19.1 Å². The van der Waals surface area contributed by atoms with E-state index >= 15 is 0 Å². The largest absolute Gasteiger partial charge is 0.203 e. The van der Waals surface area contributed by atoms with Gasteiger partial charge in [-0.3, -0.25) is 0 Å². The van der Waals surface area contributed by atoms with Crippen LogP contribution in [0.4, 0.5) is 8.78 Å². The summed E-state index contributed by atoms with van der Waals surface area (Å²) in [5, 5.41) is 0. The first-order valence-corrected chi connectivity index (χ1v) is 10.3. The van der Waals surface area contributed by atoms with Crippen LogP contribution in [0.2, 0.25) is 0 Å². The quantitative estimate of drug-likeness (QED) is 0.548. The lowest BCUT2D eigenvalue weighted by Crippen LogP contribution is -2.23. The molecule has 3 aliphatic rings. The van der Waals surface area contributed by atoms with Crippen LogP contribution >= 0.6 is 0 Å². The minimum Gasteiger partial charge on any atom is -0.203 e. The van der Waals surface area contributed by atoms with E-state index in [9.17, 15) is 8.78 Å². The molecule has 0 saturated heterocycles. The van der Waals surface area contributed by atoms with Gasteiger partial charge in [0.05, 0.1) is 0 Å². The first-order valence-electron chi connectivity index (χ1n) is 10.3. The summed E-state index contributed by atoms with van der Waals surface area (Å²) < 4.78 is 28.1. The summed E-state index contributed by atoms with van der Waals surface area (Å²) in [5.41, 5.74) is 1.88. The Morgan fingerprint density at radius 3 is 2.12 bits per heavy atom. The van der Waals surface area contributed by atoms with Crippen LogP contribution in [0.15, 0.2) is 18.2 Å². The molecule has 136 valence electrons. The Morgan fingerprint density at radius 1 is 0.840 bits per heavy atom. The zero-order chi connectivity index (χ0) is 17.4. The molecule has 2 saturated carbocycles. The molecule has 0 amide bonds. The van der Waals surface area contributed by atoms with Gasteiger partial charge in [0.1, 0.15) is 0 Å². The van der Waals surface area contributed by atoms with Crippen LogP contribution in [0.5, 0.6) is 0 Å². The van der Waals surface area contributed by atoms with Gasteiger partial charge in [0.2, 0.25) is 0 Å². The zero-order valence-corrected chi connectivity index (χ0v) is 15.4. The third-order valence-electron chi connectivity index (χ3n) is 6.99. The first kappa shape index (κ1) is 17.2. The van der Waals surface area contributed by atoms with Gasteiger partial charge in [-0.05, 0) is 80.3 Å². The predicted molar refractivity (Wildman–Crippen MR) is 99.2 cm³/mol. The van der Waals surface area contributed by atoms with E-state index < -0.39 is 11.6 Å². The van der Waals surface area contributed by atoms with Crippen molar-refractivity contribution in [3.8, 4) is 0 Å². The van der Waals surface area contributed by atoms with Gasteiger partial charge in [-0.15, -0.1) is 0 Å². The number of hydrogen-bond donors (Lipinski definition) is 0. The van der Waals surface area contributed by atoms with Crippen molar-refractivity contribution < 1.29 is 8.78 Å². The van der Waals surface area contributed by atoms with Crippen molar-refractivity contribution in [3.05, 3.63) is 41.0 Å². The van der Waals surface area contributed by atoms with Crippen molar-refractivity contribution in [1.29, 1.82) is 0 Å². The number of rotatable bonds is 4. The van der Waals surface area contributed by atoms with E-state index in [0.29, 0.717) is 11.1 Å². The highest BCUT2D eigenvalue weighted by Gasteiger charge is 2.32. The van der Waals surface area contributed by atoms with Crippen LogP contribution in [0.1, 0.15) is 75.3 Å². The molecular formula is C23H30F2. The summed E-state index contributed by atoms with van der Waals surface area (Å²) in [6, 6.07) is 3.45. The Morgan fingerprint density at radius 2 is 1.52 bits per heavy atom. The molecule has 1 unspecified atom stereocenters. The molecule has 3 aliphatic carbocycles. The maximum Gasteiger partial charge on any atom is 0.166 e. The van der Waals surface area contributed by atoms with Gasteiger partial charge in [-0.2, -0.15) is 0 Å². The van der Waals surface area contributed by atoms with Crippen LogP contribution in [-0.2, 0) is 0 Å². The summed E-state index contributed by atoms with van der Waals surface area (Å²) in [6.07, 6.45) is 15.3. The standard InChI is InChI=1S/C23H30F2/c1-15-2-13-21(23(25)22(15)24)20-11-9-19(10-12-20)18-7-5-17(6-8-18)14-16-3-4-16/h2,11,13,16-19H,3-10,12,14H2,1H3. The molecule has 0 radical (unpaired) electrons. The van der Waals surface area contributed by atoms with E-state index in [4.69, 9.17) is 0 Å². The highest BCUT2D eigenvalue weighted by atomic mass is 19.2. The lowest BCUT2D eigenvalue weighted by Gasteiger charge is -2.35. The van der Waals surface area contributed by atoms with E-state index in [-0.39, 0.29) is 0 Å². The van der Waals surface area contributed by atoms with Crippen LogP contribution in [0.25, 0.3) is 5.57 Å². The molecule has 0 aromatic heterocycles.